The minimum Gasteiger partial charge on any atom is -0.401 e. The van der Waals surface area contributed by atoms with E-state index in [1.165, 1.54) is 0 Å². The van der Waals surface area contributed by atoms with Crippen LogP contribution in [0.25, 0.3) is 0 Å². The average Bonchev–Trinajstić information content (AvgIpc) is 2.93. The molecule has 0 fully saturated rings. The van der Waals surface area contributed by atoms with E-state index in [0.29, 0.717) is 0 Å². The molecule has 0 aliphatic heterocycles. The van der Waals surface area contributed by atoms with E-state index < -0.39 is 122 Å². The topological polar surface area (TPSA) is 318 Å². The van der Waals surface area contributed by atoms with E-state index in [9.17, 15) is 45.9 Å². The second-order valence-electron chi connectivity index (χ2n) is 7.74. The van der Waals surface area contributed by atoms with Gasteiger partial charge in [0.05, 0.1) is 66.1 Å². The number of ether oxygens (including phenoxy) is 4. The Labute approximate surface area is 217 Å². The molecular weight excluding hydrogens is 531 g/mol. The SMILES string of the molecule is OCC(O)COC(OCC(O)CO)(OB(O)OC(OCC(O)CO)(OCC(O)CO)C(O)CO)C(O)CO. The van der Waals surface area contributed by atoms with Crippen LogP contribution in [-0.2, 0) is 28.3 Å². The molecule has 6 unspecified atom stereocenters. The van der Waals surface area contributed by atoms with E-state index in [0.717, 1.165) is 0 Å². The highest BCUT2D eigenvalue weighted by Crippen LogP contribution is 2.27. The van der Waals surface area contributed by atoms with Crippen molar-refractivity contribution in [2.75, 3.05) is 66.1 Å². The van der Waals surface area contributed by atoms with Crippen molar-refractivity contribution in [3.8, 4) is 0 Å². The number of hydrogen-bond donors (Lipinski definition) is 13. The molecule has 228 valence electrons. The van der Waals surface area contributed by atoms with Crippen LogP contribution in [0.5, 0.6) is 0 Å². The average molecular weight is 570 g/mol. The lowest BCUT2D eigenvalue weighted by Gasteiger charge is -2.41. The Balaban J connectivity index is 6.22. The third-order valence-corrected chi connectivity index (χ3v) is 4.44. The molecule has 0 aliphatic rings. The Morgan fingerprint density at radius 2 is 0.684 bits per heavy atom. The molecule has 0 rings (SSSR count). The molecule has 0 spiro atoms. The number of aliphatic hydroxyl groups excluding tert-OH is 12. The molecule has 38 heavy (non-hydrogen) atoms. The molecule has 0 aromatic carbocycles. The van der Waals surface area contributed by atoms with Crippen molar-refractivity contribution in [2.45, 2.75) is 48.6 Å². The van der Waals surface area contributed by atoms with Gasteiger partial charge < -0.3 is 94.6 Å². The summed E-state index contributed by atoms with van der Waals surface area (Å²) in [5.41, 5.74) is 0. The van der Waals surface area contributed by atoms with Gasteiger partial charge in [0.1, 0.15) is 24.4 Å². The van der Waals surface area contributed by atoms with Gasteiger partial charge in [0, 0.05) is 0 Å². The van der Waals surface area contributed by atoms with Crippen LogP contribution in [0, 0.1) is 0 Å². The van der Waals surface area contributed by atoms with Gasteiger partial charge in [-0.2, -0.15) is 0 Å². The van der Waals surface area contributed by atoms with Crippen LogP contribution in [0.3, 0.4) is 0 Å². The van der Waals surface area contributed by atoms with Crippen molar-refractivity contribution in [1.29, 1.82) is 0 Å². The van der Waals surface area contributed by atoms with Crippen molar-refractivity contribution in [2.24, 2.45) is 0 Å². The zero-order chi connectivity index (χ0) is 29.4. The molecule has 13 N–H and O–H groups in total. The molecule has 19 nitrogen and oxygen atoms in total. The molecule has 0 amide bonds. The number of rotatable bonds is 24. The molecule has 6 atom stereocenters. The zero-order valence-electron chi connectivity index (χ0n) is 20.4. The van der Waals surface area contributed by atoms with Crippen LogP contribution >= 0.6 is 0 Å². The Kier molecular flexibility index (Phi) is 19.0. The Bertz CT molecular complexity index is 514. The van der Waals surface area contributed by atoms with E-state index in [4.69, 9.17) is 48.7 Å². The molecule has 0 heterocycles. The van der Waals surface area contributed by atoms with Gasteiger partial charge in [0.2, 0.25) is 0 Å². The van der Waals surface area contributed by atoms with E-state index >= 15 is 0 Å². The first kappa shape index (κ1) is 37.3. The monoisotopic (exact) mass is 570 g/mol. The fraction of sp³-hybridized carbons (Fsp3) is 1.00. The summed E-state index contributed by atoms with van der Waals surface area (Å²) in [5.74, 6) is -6.04. The van der Waals surface area contributed by atoms with E-state index in [-0.39, 0.29) is 0 Å². The highest BCUT2D eigenvalue weighted by atomic mass is 16.9. The largest absolute Gasteiger partial charge is 0.644 e. The third kappa shape index (κ3) is 12.7. The van der Waals surface area contributed by atoms with Crippen LogP contribution in [0.15, 0.2) is 0 Å². The maximum absolute atomic E-state index is 10.5. The molecule has 20 heteroatoms. The van der Waals surface area contributed by atoms with Crippen molar-refractivity contribution in [3.05, 3.63) is 0 Å². The lowest BCUT2D eigenvalue weighted by molar-refractivity contribution is -0.424. The van der Waals surface area contributed by atoms with Crippen molar-refractivity contribution < 1.29 is 94.6 Å². The van der Waals surface area contributed by atoms with E-state index in [2.05, 4.69) is 0 Å². The summed E-state index contributed by atoms with van der Waals surface area (Å²) in [6.45, 7) is -9.38. The minimum absolute atomic E-state index is 0.864. The molecule has 0 saturated heterocycles. The summed E-state index contributed by atoms with van der Waals surface area (Å²) >= 11 is 0. The quantitative estimate of drug-likeness (QED) is 0.0378. The lowest BCUT2D eigenvalue weighted by atomic mass is 10.1. The van der Waals surface area contributed by atoms with Crippen LogP contribution in [0.4, 0.5) is 0 Å². The summed E-state index contributed by atoms with van der Waals surface area (Å²) in [4.78, 5) is 0. The van der Waals surface area contributed by atoms with Gasteiger partial charge >= 0.3 is 19.3 Å². The second-order valence-corrected chi connectivity index (χ2v) is 7.74. The van der Waals surface area contributed by atoms with Crippen LogP contribution < -0.4 is 0 Å². The predicted octanol–water partition coefficient (Wildman–Crippen LogP) is -8.51. The maximum atomic E-state index is 10.5. The Morgan fingerprint density at radius 3 is 0.868 bits per heavy atom. The molecule has 0 bridgehead atoms. The molecule has 0 aromatic rings. The van der Waals surface area contributed by atoms with Crippen molar-refractivity contribution >= 4 is 7.32 Å². The number of hydrogen-bond acceptors (Lipinski definition) is 19. The molecular formula is C18H39BO19. The maximum Gasteiger partial charge on any atom is 0.644 e. The molecule has 0 aromatic heterocycles. The molecule has 0 aliphatic carbocycles. The van der Waals surface area contributed by atoms with Crippen LogP contribution in [0.1, 0.15) is 0 Å². The summed E-state index contributed by atoms with van der Waals surface area (Å²) < 4.78 is 30.4. The highest BCUT2D eigenvalue weighted by Gasteiger charge is 2.52. The van der Waals surface area contributed by atoms with Crippen LogP contribution in [-0.4, -0.2) is 188 Å². The van der Waals surface area contributed by atoms with Crippen molar-refractivity contribution in [3.63, 3.8) is 0 Å². The molecule has 0 saturated carbocycles. The van der Waals surface area contributed by atoms with Gasteiger partial charge in [-0.15, -0.1) is 0 Å². The summed E-state index contributed by atoms with van der Waals surface area (Å²) in [6, 6.07) is 0. The first-order valence-electron chi connectivity index (χ1n) is 11.2. The Hall–Kier alpha value is -0.695. The second kappa shape index (κ2) is 19.4. The van der Waals surface area contributed by atoms with Crippen molar-refractivity contribution in [1.82, 2.24) is 0 Å². The van der Waals surface area contributed by atoms with Gasteiger partial charge in [-0.1, -0.05) is 0 Å². The summed E-state index contributed by atoms with van der Waals surface area (Å²) in [5, 5.41) is 125. The predicted molar refractivity (Wildman–Crippen MR) is 118 cm³/mol. The van der Waals surface area contributed by atoms with Gasteiger partial charge in [-0.05, 0) is 0 Å². The first-order valence-corrected chi connectivity index (χ1v) is 11.2. The standard InChI is InChI=1S/C18H39BO19/c20-1-11(26)7-33-17(15(30)5-24,34-8-12(27)2-21)37-19(32)38-18(16(31)6-25,35-9-13(28)3-22)36-10-14(29)4-23/h11-16,20-32H,1-10H2. The summed E-state index contributed by atoms with van der Waals surface area (Å²) in [6.07, 6.45) is -11.0. The van der Waals surface area contributed by atoms with Crippen LogP contribution in [0.2, 0.25) is 0 Å². The zero-order valence-corrected chi connectivity index (χ0v) is 20.4. The first-order chi connectivity index (χ1) is 17.9. The van der Waals surface area contributed by atoms with Gasteiger partial charge in [-0.25, -0.2) is 0 Å². The third-order valence-electron chi connectivity index (χ3n) is 4.44. The lowest BCUT2D eigenvalue weighted by Crippen LogP contribution is -2.61. The highest BCUT2D eigenvalue weighted by molar-refractivity contribution is 6.34. The van der Waals surface area contributed by atoms with E-state index in [1.54, 1.807) is 0 Å². The normalized spacial score (nSPS) is 20.1. The summed E-state index contributed by atoms with van der Waals surface area (Å²) in [7, 11) is -2.80. The fourth-order valence-electron chi connectivity index (χ4n) is 2.35. The van der Waals surface area contributed by atoms with Gasteiger partial charge in [-0.3, -0.25) is 0 Å². The smallest absolute Gasteiger partial charge is 0.401 e. The Morgan fingerprint density at radius 1 is 0.447 bits per heavy atom. The van der Waals surface area contributed by atoms with E-state index in [1.807, 2.05) is 0 Å². The number of aliphatic hydroxyl groups is 12. The minimum atomic E-state index is -3.02. The molecule has 0 radical (unpaired) electrons. The van der Waals surface area contributed by atoms with Gasteiger partial charge in [0.25, 0.3) is 0 Å². The van der Waals surface area contributed by atoms with Gasteiger partial charge in [0.15, 0.2) is 12.2 Å². The fourth-order valence-corrected chi connectivity index (χ4v) is 2.35.